The first kappa shape index (κ1) is 15.1. The van der Waals surface area contributed by atoms with E-state index < -0.39 is 0 Å². The summed E-state index contributed by atoms with van der Waals surface area (Å²) in [5.41, 5.74) is 0.986. The van der Waals surface area contributed by atoms with Crippen LogP contribution in [0.15, 0.2) is 12.1 Å². The van der Waals surface area contributed by atoms with Gasteiger partial charge in [0, 0.05) is 19.7 Å². The number of likely N-dealkylation sites (N-methyl/N-ethyl adjacent to an activating group) is 1. The molecule has 0 aromatic heterocycles. The zero-order chi connectivity index (χ0) is 13.7. The Morgan fingerprint density at radius 3 is 2.61 bits per heavy atom. The van der Waals surface area contributed by atoms with Crippen molar-refractivity contribution >= 4 is 11.6 Å². The molecule has 0 heterocycles. The molecule has 5 heteroatoms. The van der Waals surface area contributed by atoms with Gasteiger partial charge in [-0.05, 0) is 31.7 Å². The van der Waals surface area contributed by atoms with Crippen LogP contribution in [0.1, 0.15) is 12.5 Å². The summed E-state index contributed by atoms with van der Waals surface area (Å²) in [5.74, 6) is 0.376. The predicted octanol–water partition coefficient (Wildman–Crippen LogP) is 2.52. The van der Waals surface area contributed by atoms with Crippen molar-refractivity contribution in [2.24, 2.45) is 0 Å². The van der Waals surface area contributed by atoms with Crippen LogP contribution in [0.3, 0.4) is 0 Å². The molecule has 0 bridgehead atoms. The Labute approximate surface area is 113 Å². The van der Waals surface area contributed by atoms with Crippen molar-refractivity contribution in [2.45, 2.75) is 19.5 Å². The number of phenolic OH excluding ortho intramolecular Hbond substituents is 1. The van der Waals surface area contributed by atoms with Gasteiger partial charge in [0.15, 0.2) is 11.5 Å². The first-order valence-corrected chi connectivity index (χ1v) is 6.12. The lowest BCUT2D eigenvalue weighted by atomic mass is 10.1. The van der Waals surface area contributed by atoms with Crippen molar-refractivity contribution in [3.8, 4) is 11.5 Å². The number of hydrogen-bond acceptors (Lipinski definition) is 4. The summed E-state index contributed by atoms with van der Waals surface area (Å²) >= 11 is 5.95. The third-order valence-electron chi connectivity index (χ3n) is 2.90. The molecule has 0 saturated carbocycles. The topological polar surface area (TPSA) is 41.9 Å². The van der Waals surface area contributed by atoms with Gasteiger partial charge in [-0.1, -0.05) is 11.6 Å². The van der Waals surface area contributed by atoms with E-state index in [1.54, 1.807) is 19.2 Å². The second-order valence-electron chi connectivity index (χ2n) is 4.35. The number of nitrogens with zero attached hydrogens (tertiary/aromatic N) is 1. The van der Waals surface area contributed by atoms with Crippen molar-refractivity contribution in [1.82, 2.24) is 4.90 Å². The number of ether oxygens (including phenoxy) is 2. The Balaban J connectivity index is 2.81. The van der Waals surface area contributed by atoms with Gasteiger partial charge in [-0.15, -0.1) is 0 Å². The van der Waals surface area contributed by atoms with Gasteiger partial charge in [0.2, 0.25) is 0 Å². The van der Waals surface area contributed by atoms with Crippen molar-refractivity contribution in [1.29, 1.82) is 0 Å². The van der Waals surface area contributed by atoms with E-state index in [9.17, 15) is 5.11 Å². The van der Waals surface area contributed by atoms with Crippen molar-refractivity contribution in [3.05, 3.63) is 22.7 Å². The fourth-order valence-corrected chi connectivity index (χ4v) is 1.92. The molecule has 1 aromatic carbocycles. The monoisotopic (exact) mass is 273 g/mol. The first-order valence-electron chi connectivity index (χ1n) is 5.74. The van der Waals surface area contributed by atoms with E-state index in [-0.39, 0.29) is 5.75 Å². The highest BCUT2D eigenvalue weighted by Gasteiger charge is 2.13. The molecule has 0 saturated heterocycles. The molecule has 18 heavy (non-hydrogen) atoms. The Bertz CT molecular complexity index is 398. The second-order valence-corrected chi connectivity index (χ2v) is 4.76. The van der Waals surface area contributed by atoms with Crippen LogP contribution in [0.4, 0.5) is 0 Å². The first-order chi connectivity index (χ1) is 8.49. The zero-order valence-corrected chi connectivity index (χ0v) is 12.0. The van der Waals surface area contributed by atoms with Crippen LogP contribution in [0, 0.1) is 0 Å². The van der Waals surface area contributed by atoms with Crippen LogP contribution in [-0.4, -0.2) is 43.9 Å². The number of phenols is 1. The maximum atomic E-state index is 9.66. The van der Waals surface area contributed by atoms with E-state index in [4.69, 9.17) is 21.1 Å². The summed E-state index contributed by atoms with van der Waals surface area (Å²) in [6.07, 6.45) is 0. The summed E-state index contributed by atoms with van der Waals surface area (Å²) < 4.78 is 10.2. The van der Waals surface area contributed by atoms with Gasteiger partial charge in [-0.2, -0.15) is 0 Å². The van der Waals surface area contributed by atoms with Gasteiger partial charge in [0.05, 0.1) is 18.7 Å². The average Bonchev–Trinajstić information content (AvgIpc) is 2.33. The lowest BCUT2D eigenvalue weighted by Gasteiger charge is -2.24. The summed E-state index contributed by atoms with van der Waals surface area (Å²) in [4.78, 5) is 2.14. The molecule has 1 aromatic rings. The average molecular weight is 274 g/mol. The minimum absolute atomic E-state index is 0.0180. The molecule has 0 spiro atoms. The molecule has 4 nitrogen and oxygen atoms in total. The molecule has 0 radical (unpaired) electrons. The molecular weight excluding hydrogens is 254 g/mol. The number of hydrogen-bond donors (Lipinski definition) is 1. The Morgan fingerprint density at radius 2 is 2.06 bits per heavy atom. The molecule has 1 N–H and O–H groups in total. The van der Waals surface area contributed by atoms with Gasteiger partial charge in [-0.3, -0.25) is 4.90 Å². The molecule has 0 amide bonds. The summed E-state index contributed by atoms with van der Waals surface area (Å²) in [6, 6.07) is 3.83. The van der Waals surface area contributed by atoms with E-state index in [0.717, 1.165) is 5.56 Å². The van der Waals surface area contributed by atoms with Gasteiger partial charge < -0.3 is 14.6 Å². The molecular formula is C13H20ClNO3. The van der Waals surface area contributed by atoms with Crippen LogP contribution in [0.25, 0.3) is 0 Å². The number of benzene rings is 1. The number of halogens is 1. The lowest BCUT2D eigenvalue weighted by molar-refractivity contribution is 0.112. The summed E-state index contributed by atoms with van der Waals surface area (Å²) in [6.45, 7) is 3.46. The van der Waals surface area contributed by atoms with Crippen LogP contribution in [-0.2, 0) is 11.3 Å². The number of methoxy groups -OCH3 is 2. The molecule has 102 valence electrons. The van der Waals surface area contributed by atoms with E-state index in [1.165, 1.54) is 7.11 Å². The fourth-order valence-electron chi connectivity index (χ4n) is 1.69. The predicted molar refractivity (Wildman–Crippen MR) is 72.5 cm³/mol. The molecule has 1 atom stereocenters. The highest BCUT2D eigenvalue weighted by Crippen LogP contribution is 2.35. The van der Waals surface area contributed by atoms with Gasteiger partial charge in [-0.25, -0.2) is 0 Å². The zero-order valence-electron chi connectivity index (χ0n) is 11.2. The van der Waals surface area contributed by atoms with Crippen LogP contribution < -0.4 is 4.74 Å². The summed E-state index contributed by atoms with van der Waals surface area (Å²) in [5, 5.41) is 9.96. The van der Waals surface area contributed by atoms with Crippen LogP contribution in [0.2, 0.25) is 5.02 Å². The lowest BCUT2D eigenvalue weighted by Crippen LogP contribution is -2.32. The molecule has 0 fully saturated rings. The van der Waals surface area contributed by atoms with Gasteiger partial charge in [0.1, 0.15) is 0 Å². The van der Waals surface area contributed by atoms with E-state index in [2.05, 4.69) is 11.8 Å². The Morgan fingerprint density at radius 1 is 1.39 bits per heavy atom. The van der Waals surface area contributed by atoms with Crippen molar-refractivity contribution < 1.29 is 14.6 Å². The highest BCUT2D eigenvalue weighted by atomic mass is 35.5. The number of aromatic hydroxyl groups is 1. The Kier molecular flexibility index (Phi) is 5.72. The van der Waals surface area contributed by atoms with Crippen molar-refractivity contribution in [3.63, 3.8) is 0 Å². The third kappa shape index (κ3) is 3.77. The summed E-state index contributed by atoms with van der Waals surface area (Å²) in [7, 11) is 5.20. The largest absolute Gasteiger partial charge is 0.503 e. The van der Waals surface area contributed by atoms with E-state index in [1.807, 2.05) is 7.05 Å². The standard InChI is InChI=1S/C13H20ClNO3/c1-9(8-17-3)15(2)7-10-5-11(14)13(16)12(6-10)18-4/h5-6,9,16H,7-8H2,1-4H3. The van der Waals surface area contributed by atoms with Crippen molar-refractivity contribution in [2.75, 3.05) is 27.9 Å². The fraction of sp³-hybridized carbons (Fsp3) is 0.538. The van der Waals surface area contributed by atoms with E-state index >= 15 is 0 Å². The molecule has 1 rings (SSSR count). The second kappa shape index (κ2) is 6.83. The quantitative estimate of drug-likeness (QED) is 0.865. The maximum Gasteiger partial charge on any atom is 0.176 e. The third-order valence-corrected chi connectivity index (χ3v) is 3.19. The van der Waals surface area contributed by atoms with Crippen LogP contribution in [0.5, 0.6) is 11.5 Å². The van der Waals surface area contributed by atoms with Gasteiger partial charge in [0.25, 0.3) is 0 Å². The Hall–Kier alpha value is -0.970. The number of rotatable bonds is 6. The molecule has 1 unspecified atom stereocenters. The smallest absolute Gasteiger partial charge is 0.176 e. The highest BCUT2D eigenvalue weighted by molar-refractivity contribution is 6.32. The van der Waals surface area contributed by atoms with Gasteiger partial charge >= 0.3 is 0 Å². The SMILES string of the molecule is COCC(C)N(C)Cc1cc(Cl)c(O)c(OC)c1. The maximum absolute atomic E-state index is 9.66. The van der Waals surface area contributed by atoms with E-state index in [0.29, 0.717) is 30.0 Å². The molecule has 0 aliphatic carbocycles. The minimum Gasteiger partial charge on any atom is -0.503 e. The molecule has 0 aliphatic rings. The minimum atomic E-state index is -0.0180. The van der Waals surface area contributed by atoms with Crippen LogP contribution >= 0.6 is 11.6 Å². The molecule has 0 aliphatic heterocycles. The normalized spacial score (nSPS) is 12.8.